The van der Waals surface area contributed by atoms with E-state index in [9.17, 15) is 26.4 Å². The quantitative estimate of drug-likeness (QED) is 0.530. The molecule has 12 heteroatoms. The Kier molecular flexibility index (Phi) is 6.43. The summed E-state index contributed by atoms with van der Waals surface area (Å²) in [5.74, 6) is -2.08. The zero-order valence-electron chi connectivity index (χ0n) is 16.5. The van der Waals surface area contributed by atoms with Crippen LogP contribution in [0.1, 0.15) is 12.5 Å². The maximum Gasteiger partial charge on any atom is 0.573 e. The Morgan fingerprint density at radius 1 is 1.00 bits per heavy atom. The third-order valence-corrected chi connectivity index (χ3v) is 6.22. The van der Waals surface area contributed by atoms with Gasteiger partial charge in [0.2, 0.25) is 5.91 Å². The number of anilines is 2. The van der Waals surface area contributed by atoms with E-state index >= 15 is 0 Å². The number of rotatable bonds is 6. The molecule has 0 aromatic heterocycles. The number of hydrogen-bond donors (Lipinski definition) is 4. The van der Waals surface area contributed by atoms with E-state index in [0.29, 0.717) is 5.69 Å². The number of hydrazine groups is 1. The van der Waals surface area contributed by atoms with E-state index in [0.717, 1.165) is 17.7 Å². The Labute approximate surface area is 177 Å². The number of hydrogen-bond acceptors (Lipinski definition) is 6. The number of aryl methyl sites for hydroxylation is 1. The van der Waals surface area contributed by atoms with Crippen LogP contribution in [0.15, 0.2) is 48.5 Å². The highest BCUT2D eigenvalue weighted by molar-refractivity contribution is 7.93. The van der Waals surface area contributed by atoms with Crippen LogP contribution in [0.25, 0.3) is 0 Å². The van der Waals surface area contributed by atoms with E-state index in [4.69, 9.17) is 0 Å². The van der Waals surface area contributed by atoms with E-state index in [2.05, 4.69) is 25.6 Å². The van der Waals surface area contributed by atoms with Crippen LogP contribution in [-0.2, 0) is 14.8 Å². The number of amides is 1. The maximum absolute atomic E-state index is 12.9. The second kappa shape index (κ2) is 8.73. The van der Waals surface area contributed by atoms with E-state index in [1.54, 1.807) is 31.2 Å². The smallest absolute Gasteiger partial charge is 0.406 e. The zero-order valence-corrected chi connectivity index (χ0v) is 17.3. The van der Waals surface area contributed by atoms with Crippen LogP contribution in [0.4, 0.5) is 24.5 Å². The largest absolute Gasteiger partial charge is 0.573 e. The molecule has 4 N–H and O–H groups in total. The molecule has 1 aliphatic heterocycles. The highest BCUT2D eigenvalue weighted by atomic mass is 32.2. The Morgan fingerprint density at radius 2 is 1.58 bits per heavy atom. The van der Waals surface area contributed by atoms with E-state index < -0.39 is 45.4 Å². The van der Waals surface area contributed by atoms with Crippen molar-refractivity contribution in [3.63, 3.8) is 0 Å². The number of halogens is 3. The molecule has 168 valence electrons. The van der Waals surface area contributed by atoms with Gasteiger partial charge in [0.1, 0.15) is 5.75 Å². The first-order chi connectivity index (χ1) is 14.4. The normalized spacial score (nSPS) is 21.5. The van der Waals surface area contributed by atoms with Gasteiger partial charge in [-0.3, -0.25) is 14.9 Å². The highest BCUT2D eigenvalue weighted by Gasteiger charge is 2.46. The van der Waals surface area contributed by atoms with E-state index in [-0.39, 0.29) is 5.69 Å². The van der Waals surface area contributed by atoms with Crippen molar-refractivity contribution < 1.29 is 31.1 Å². The van der Waals surface area contributed by atoms with Gasteiger partial charge in [-0.25, -0.2) is 13.8 Å². The molecule has 1 heterocycles. The van der Waals surface area contributed by atoms with Crippen LogP contribution >= 0.6 is 0 Å². The van der Waals surface area contributed by atoms with Crippen LogP contribution < -0.4 is 25.6 Å². The molecule has 0 saturated carbocycles. The molecule has 31 heavy (non-hydrogen) atoms. The number of alkyl halides is 3. The lowest BCUT2D eigenvalue weighted by molar-refractivity contribution is -0.274. The standard InChI is InChI=1S/C19H21F3N4O4S/c1-11-3-5-14(6-4-11)26-31(28,29)18-16(12(2)24-25-18)17(27)23-13-7-9-15(10-8-13)30-19(20,21)22/h3-10,12,16,18,24-26H,1-2H3,(H,23,27). The van der Waals surface area contributed by atoms with Crippen molar-refractivity contribution in [1.82, 2.24) is 10.9 Å². The molecule has 1 amide bonds. The van der Waals surface area contributed by atoms with Crippen molar-refractivity contribution in [2.45, 2.75) is 31.6 Å². The molecule has 0 aliphatic carbocycles. The molecule has 0 radical (unpaired) electrons. The molecule has 2 aromatic carbocycles. The molecule has 3 unspecified atom stereocenters. The topological polar surface area (TPSA) is 109 Å². The molecule has 1 fully saturated rings. The van der Waals surface area contributed by atoms with E-state index in [1.165, 1.54) is 12.1 Å². The first kappa shape index (κ1) is 22.8. The third kappa shape index (κ3) is 5.87. The Morgan fingerprint density at radius 3 is 2.16 bits per heavy atom. The average molecular weight is 458 g/mol. The summed E-state index contributed by atoms with van der Waals surface area (Å²) in [6.45, 7) is 3.50. The number of benzene rings is 2. The van der Waals surface area contributed by atoms with E-state index in [1.807, 2.05) is 6.92 Å². The summed E-state index contributed by atoms with van der Waals surface area (Å²) in [6.07, 6.45) is -4.83. The number of carbonyl (C=O) groups excluding carboxylic acids is 1. The maximum atomic E-state index is 12.9. The van der Waals surface area contributed by atoms with Crippen LogP contribution in [-0.4, -0.2) is 32.1 Å². The fraction of sp³-hybridized carbons (Fsp3) is 0.316. The van der Waals surface area contributed by atoms with Crippen LogP contribution in [0.5, 0.6) is 5.75 Å². The molecule has 0 bridgehead atoms. The predicted octanol–water partition coefficient (Wildman–Crippen LogP) is 2.71. The van der Waals surface area contributed by atoms with Gasteiger partial charge >= 0.3 is 6.36 Å². The molecule has 2 aromatic rings. The summed E-state index contributed by atoms with van der Waals surface area (Å²) in [6, 6.07) is 10.7. The summed E-state index contributed by atoms with van der Waals surface area (Å²) in [5.41, 5.74) is 6.88. The minimum atomic E-state index is -4.83. The van der Waals surface area contributed by atoms with Gasteiger partial charge in [-0.2, -0.15) is 0 Å². The van der Waals surface area contributed by atoms with Gasteiger partial charge in [-0.1, -0.05) is 17.7 Å². The van der Waals surface area contributed by atoms with Crippen molar-refractivity contribution in [2.24, 2.45) is 5.92 Å². The Hall–Kier alpha value is -2.83. The lowest BCUT2D eigenvalue weighted by Gasteiger charge is -2.21. The Balaban J connectivity index is 1.72. The van der Waals surface area contributed by atoms with Crippen molar-refractivity contribution in [1.29, 1.82) is 0 Å². The molecule has 1 aliphatic rings. The molecule has 3 atom stereocenters. The molecular weight excluding hydrogens is 437 g/mol. The van der Waals surface area contributed by atoms with Crippen molar-refractivity contribution in [3.8, 4) is 5.75 Å². The van der Waals surface area contributed by atoms with Gasteiger partial charge in [-0.15, -0.1) is 13.2 Å². The predicted molar refractivity (Wildman–Crippen MR) is 108 cm³/mol. The minimum Gasteiger partial charge on any atom is -0.406 e. The lowest BCUT2D eigenvalue weighted by Crippen LogP contribution is -2.45. The summed E-state index contributed by atoms with van der Waals surface area (Å²) < 4.78 is 68.7. The van der Waals surface area contributed by atoms with Crippen LogP contribution in [0, 0.1) is 12.8 Å². The summed E-state index contributed by atoms with van der Waals surface area (Å²) in [7, 11) is -4.00. The SMILES string of the molecule is Cc1ccc(NS(=O)(=O)C2NNC(C)C2C(=O)Nc2ccc(OC(F)(F)F)cc2)cc1. The fourth-order valence-electron chi connectivity index (χ4n) is 3.11. The van der Waals surface area contributed by atoms with Gasteiger partial charge in [0, 0.05) is 17.4 Å². The first-order valence-electron chi connectivity index (χ1n) is 9.21. The van der Waals surface area contributed by atoms with Crippen molar-refractivity contribution in [2.75, 3.05) is 10.0 Å². The lowest BCUT2D eigenvalue weighted by atomic mass is 10.0. The number of carbonyl (C=O) groups is 1. The molecule has 3 rings (SSSR count). The summed E-state index contributed by atoms with van der Waals surface area (Å²) in [4.78, 5) is 12.8. The summed E-state index contributed by atoms with van der Waals surface area (Å²) in [5, 5.41) is 1.25. The minimum absolute atomic E-state index is 0.196. The molecule has 8 nitrogen and oxygen atoms in total. The van der Waals surface area contributed by atoms with Gasteiger partial charge in [0.05, 0.1) is 5.92 Å². The van der Waals surface area contributed by atoms with Gasteiger partial charge in [0.25, 0.3) is 10.0 Å². The van der Waals surface area contributed by atoms with Gasteiger partial charge in [-0.05, 0) is 50.2 Å². The molecule has 0 spiro atoms. The number of ether oxygens (including phenoxy) is 1. The van der Waals surface area contributed by atoms with Crippen molar-refractivity contribution in [3.05, 3.63) is 54.1 Å². The molecule has 1 saturated heterocycles. The second-order valence-electron chi connectivity index (χ2n) is 7.10. The average Bonchev–Trinajstić information content (AvgIpc) is 3.06. The molecular formula is C19H21F3N4O4S. The van der Waals surface area contributed by atoms with Crippen LogP contribution in [0.2, 0.25) is 0 Å². The monoisotopic (exact) mass is 458 g/mol. The van der Waals surface area contributed by atoms with Gasteiger partial charge in [0.15, 0.2) is 5.37 Å². The fourth-order valence-corrected chi connectivity index (χ4v) is 4.67. The summed E-state index contributed by atoms with van der Waals surface area (Å²) >= 11 is 0. The van der Waals surface area contributed by atoms with Gasteiger partial charge < -0.3 is 10.1 Å². The number of nitrogens with one attached hydrogen (secondary N) is 4. The van der Waals surface area contributed by atoms with Crippen LogP contribution in [0.3, 0.4) is 0 Å². The number of sulfonamides is 1. The Bertz CT molecular complexity index is 1030. The third-order valence-electron chi connectivity index (χ3n) is 4.62. The second-order valence-corrected chi connectivity index (χ2v) is 8.90. The highest BCUT2D eigenvalue weighted by Crippen LogP contribution is 2.26. The zero-order chi connectivity index (χ0) is 22.8. The first-order valence-corrected chi connectivity index (χ1v) is 10.8. The van der Waals surface area contributed by atoms with Crippen molar-refractivity contribution >= 4 is 27.3 Å².